The van der Waals surface area contributed by atoms with E-state index in [2.05, 4.69) is 0 Å². The van der Waals surface area contributed by atoms with E-state index in [9.17, 15) is 8.42 Å². The molecule has 2 aromatic carbocycles. The molecule has 0 radical (unpaired) electrons. The molecular weight excluding hydrogens is 258 g/mol. The lowest BCUT2D eigenvalue weighted by Gasteiger charge is -2.07. The Bertz CT molecular complexity index is 830. The molecule has 96 valence electrons. The average molecular weight is 271 g/mol. The van der Waals surface area contributed by atoms with Gasteiger partial charge in [-0.05, 0) is 31.2 Å². The van der Waals surface area contributed by atoms with Gasteiger partial charge in [0.25, 0.3) is 10.0 Å². The quantitative estimate of drug-likeness (QED) is 0.718. The number of aromatic nitrogens is 1. The van der Waals surface area contributed by atoms with Crippen LogP contribution in [0.3, 0.4) is 0 Å². The van der Waals surface area contributed by atoms with Crippen LogP contribution in [0.4, 0.5) is 0 Å². The van der Waals surface area contributed by atoms with Gasteiger partial charge in [0.05, 0.1) is 10.4 Å². The highest BCUT2D eigenvalue weighted by molar-refractivity contribution is 7.90. The molecule has 0 atom stereocenters. The van der Waals surface area contributed by atoms with Gasteiger partial charge in [-0.15, -0.1) is 0 Å². The van der Waals surface area contributed by atoms with Gasteiger partial charge in [0, 0.05) is 11.6 Å². The Hall–Kier alpha value is -2.07. The van der Waals surface area contributed by atoms with E-state index in [1.807, 2.05) is 25.1 Å². The van der Waals surface area contributed by atoms with Crippen molar-refractivity contribution in [3.63, 3.8) is 0 Å². The number of aryl methyl sites for hydroxylation is 1. The topological polar surface area (TPSA) is 39.1 Å². The Kier molecular flexibility index (Phi) is 2.68. The zero-order chi connectivity index (χ0) is 13.5. The zero-order valence-electron chi connectivity index (χ0n) is 10.4. The minimum absolute atomic E-state index is 0.305. The summed E-state index contributed by atoms with van der Waals surface area (Å²) in [5.41, 5.74) is 1.74. The van der Waals surface area contributed by atoms with E-state index in [4.69, 9.17) is 0 Å². The largest absolute Gasteiger partial charge is 0.268 e. The predicted octanol–water partition coefficient (Wildman–Crippen LogP) is 3.19. The molecule has 0 aliphatic rings. The van der Waals surface area contributed by atoms with Crippen molar-refractivity contribution in [1.82, 2.24) is 3.97 Å². The van der Waals surface area contributed by atoms with Gasteiger partial charge in [-0.2, -0.15) is 0 Å². The molecular formula is C15H13NO2S. The molecule has 1 aromatic heterocycles. The second-order valence-electron chi connectivity index (χ2n) is 4.49. The van der Waals surface area contributed by atoms with E-state index in [1.54, 1.807) is 42.6 Å². The number of rotatable bonds is 2. The first-order valence-electron chi connectivity index (χ1n) is 5.97. The van der Waals surface area contributed by atoms with Crippen molar-refractivity contribution in [3.05, 3.63) is 66.4 Å². The van der Waals surface area contributed by atoms with Crippen LogP contribution in [0.15, 0.2) is 65.7 Å². The first kappa shape index (κ1) is 12.0. The highest BCUT2D eigenvalue weighted by Gasteiger charge is 2.18. The molecule has 0 saturated carbocycles. The number of para-hydroxylation sites is 1. The molecule has 1 heterocycles. The first-order chi connectivity index (χ1) is 9.09. The van der Waals surface area contributed by atoms with E-state index >= 15 is 0 Å². The lowest BCUT2D eigenvalue weighted by atomic mass is 10.2. The van der Waals surface area contributed by atoms with Crippen molar-refractivity contribution in [1.29, 1.82) is 0 Å². The second kappa shape index (κ2) is 4.24. The van der Waals surface area contributed by atoms with Crippen molar-refractivity contribution in [2.75, 3.05) is 0 Å². The van der Waals surface area contributed by atoms with Crippen molar-refractivity contribution in [3.8, 4) is 0 Å². The van der Waals surface area contributed by atoms with E-state index in [0.29, 0.717) is 10.4 Å². The van der Waals surface area contributed by atoms with Crippen LogP contribution < -0.4 is 0 Å². The predicted molar refractivity (Wildman–Crippen MR) is 75.7 cm³/mol. The van der Waals surface area contributed by atoms with E-state index in [-0.39, 0.29) is 0 Å². The third-order valence-electron chi connectivity index (χ3n) is 3.14. The molecule has 4 heteroatoms. The van der Waals surface area contributed by atoms with Gasteiger partial charge in [-0.25, -0.2) is 12.4 Å². The van der Waals surface area contributed by atoms with Crippen LogP contribution >= 0.6 is 0 Å². The third kappa shape index (κ3) is 1.94. The molecule has 0 N–H and O–H groups in total. The third-order valence-corrected chi connectivity index (χ3v) is 4.85. The lowest BCUT2D eigenvalue weighted by molar-refractivity contribution is 0.589. The Morgan fingerprint density at radius 1 is 0.895 bits per heavy atom. The molecule has 3 rings (SSSR count). The van der Waals surface area contributed by atoms with Crippen LogP contribution in [-0.2, 0) is 10.0 Å². The normalized spacial score (nSPS) is 11.8. The van der Waals surface area contributed by atoms with E-state index in [1.165, 1.54) is 3.97 Å². The summed E-state index contributed by atoms with van der Waals surface area (Å²) in [4.78, 5) is 0.305. The maximum Gasteiger partial charge on any atom is 0.268 e. The summed E-state index contributed by atoms with van der Waals surface area (Å²) in [6, 6.07) is 16.1. The minimum atomic E-state index is -3.52. The summed E-state index contributed by atoms with van der Waals surface area (Å²) in [7, 11) is -3.52. The van der Waals surface area contributed by atoms with Crippen LogP contribution in [0.5, 0.6) is 0 Å². The van der Waals surface area contributed by atoms with Crippen LogP contribution in [0.25, 0.3) is 10.9 Å². The van der Waals surface area contributed by atoms with Gasteiger partial charge in [0.1, 0.15) is 0 Å². The molecule has 0 aliphatic heterocycles. The Balaban J connectivity index is 2.22. The minimum Gasteiger partial charge on any atom is -0.241 e. The number of fused-ring (bicyclic) bond motifs is 1. The van der Waals surface area contributed by atoms with Crippen molar-refractivity contribution < 1.29 is 8.42 Å². The van der Waals surface area contributed by atoms with Gasteiger partial charge < -0.3 is 0 Å². The monoisotopic (exact) mass is 271 g/mol. The second-order valence-corrected chi connectivity index (χ2v) is 6.30. The molecule has 0 saturated heterocycles. The SMILES string of the molecule is Cc1ccc(S(=O)(=O)n2ccc3ccccc32)cc1. The molecule has 3 nitrogen and oxygen atoms in total. The summed E-state index contributed by atoms with van der Waals surface area (Å²) >= 11 is 0. The smallest absolute Gasteiger partial charge is 0.241 e. The molecule has 0 aliphatic carbocycles. The molecule has 19 heavy (non-hydrogen) atoms. The van der Waals surface area contributed by atoms with Gasteiger partial charge >= 0.3 is 0 Å². The lowest BCUT2D eigenvalue weighted by Crippen LogP contribution is -2.11. The summed E-state index contributed by atoms with van der Waals surface area (Å²) < 4.78 is 26.5. The van der Waals surface area contributed by atoms with Crippen molar-refractivity contribution in [2.45, 2.75) is 11.8 Å². The standard InChI is InChI=1S/C15H13NO2S/c1-12-6-8-14(9-7-12)19(17,18)16-11-10-13-4-2-3-5-15(13)16/h2-11H,1H3. The molecule has 0 unspecified atom stereocenters. The number of hydrogen-bond donors (Lipinski definition) is 0. The molecule has 0 fully saturated rings. The maximum atomic E-state index is 12.6. The fourth-order valence-corrected chi connectivity index (χ4v) is 3.44. The fourth-order valence-electron chi connectivity index (χ4n) is 2.09. The Labute approximate surface area is 112 Å². The summed E-state index contributed by atoms with van der Waals surface area (Å²) in [5.74, 6) is 0. The summed E-state index contributed by atoms with van der Waals surface area (Å²) in [5, 5.41) is 0.915. The molecule has 0 bridgehead atoms. The van der Waals surface area contributed by atoms with Crippen LogP contribution in [0, 0.1) is 6.92 Å². The first-order valence-corrected chi connectivity index (χ1v) is 7.41. The Morgan fingerprint density at radius 3 is 2.32 bits per heavy atom. The van der Waals surface area contributed by atoms with Crippen molar-refractivity contribution in [2.24, 2.45) is 0 Å². The summed E-state index contributed by atoms with van der Waals surface area (Å²) in [6.45, 7) is 1.93. The summed E-state index contributed by atoms with van der Waals surface area (Å²) in [6.07, 6.45) is 1.60. The maximum absolute atomic E-state index is 12.6. The zero-order valence-corrected chi connectivity index (χ0v) is 11.3. The van der Waals surface area contributed by atoms with Crippen LogP contribution in [0.2, 0.25) is 0 Å². The Morgan fingerprint density at radius 2 is 1.58 bits per heavy atom. The average Bonchev–Trinajstić information content (AvgIpc) is 2.83. The number of benzene rings is 2. The van der Waals surface area contributed by atoms with Crippen molar-refractivity contribution >= 4 is 20.9 Å². The van der Waals surface area contributed by atoms with E-state index < -0.39 is 10.0 Å². The van der Waals surface area contributed by atoms with Gasteiger partial charge in [0.2, 0.25) is 0 Å². The number of nitrogens with zero attached hydrogens (tertiary/aromatic N) is 1. The molecule has 0 spiro atoms. The molecule has 0 amide bonds. The highest BCUT2D eigenvalue weighted by Crippen LogP contribution is 2.22. The van der Waals surface area contributed by atoms with Gasteiger partial charge in [0.15, 0.2) is 0 Å². The van der Waals surface area contributed by atoms with Crippen LogP contribution in [0.1, 0.15) is 5.56 Å². The highest BCUT2D eigenvalue weighted by atomic mass is 32.2. The fraction of sp³-hybridized carbons (Fsp3) is 0.0667. The molecule has 3 aromatic rings. The van der Waals surface area contributed by atoms with Crippen LogP contribution in [-0.4, -0.2) is 12.4 Å². The van der Waals surface area contributed by atoms with E-state index in [0.717, 1.165) is 10.9 Å². The number of hydrogen-bond acceptors (Lipinski definition) is 2. The van der Waals surface area contributed by atoms with Gasteiger partial charge in [-0.1, -0.05) is 35.9 Å². The van der Waals surface area contributed by atoms with Gasteiger partial charge in [-0.3, -0.25) is 0 Å².